The summed E-state index contributed by atoms with van der Waals surface area (Å²) >= 11 is 3.37. The Morgan fingerprint density at radius 3 is 1.48 bits per heavy atom. The molecule has 1 aromatic carbocycles. The summed E-state index contributed by atoms with van der Waals surface area (Å²) in [6.45, 7) is 20.8. The first-order valence-electron chi connectivity index (χ1n) is 24.6. The van der Waals surface area contributed by atoms with Crippen LogP contribution in [0.1, 0.15) is 94.9 Å². The van der Waals surface area contributed by atoms with E-state index in [0.29, 0.717) is 25.1 Å². The van der Waals surface area contributed by atoms with Gasteiger partial charge in [0.05, 0.1) is 12.1 Å². The average molecular weight is 1070 g/mol. The fraction of sp³-hybridized carbons (Fsp3) is 0.717. The van der Waals surface area contributed by atoms with Gasteiger partial charge in [-0.3, -0.25) is 0 Å². The molecule has 0 radical (unpaired) electrons. The van der Waals surface area contributed by atoms with Crippen molar-refractivity contribution in [3.05, 3.63) is 39.2 Å². The predicted molar refractivity (Wildman–Crippen MR) is 279 cm³/mol. The Morgan fingerprint density at radius 1 is 0.592 bits per heavy atom. The summed E-state index contributed by atoms with van der Waals surface area (Å²) in [5.41, 5.74) is 9.31. The highest BCUT2D eigenvalue weighted by Crippen LogP contribution is 2.18. The monoisotopic (exact) mass is 1060 g/mol. The number of nitrogens with one attached hydrogen (secondary N) is 13. The van der Waals surface area contributed by atoms with E-state index < -0.39 is 60.4 Å². The second-order valence-corrected chi connectivity index (χ2v) is 20.5. The van der Waals surface area contributed by atoms with E-state index in [1.807, 2.05) is 67.5 Å². The van der Waals surface area contributed by atoms with Crippen LogP contribution in [0.15, 0.2) is 33.9 Å². The van der Waals surface area contributed by atoms with E-state index in [2.05, 4.69) is 95.1 Å². The Balaban J connectivity index is 1.75. The molecule has 1 aromatic rings. The number of anilines is 1. The number of urea groups is 7. The fourth-order valence-corrected chi connectivity index (χ4v) is 7.76. The van der Waals surface area contributed by atoms with Crippen LogP contribution in [0.3, 0.4) is 0 Å². The van der Waals surface area contributed by atoms with Crippen molar-refractivity contribution in [1.82, 2.24) is 68.7 Å². The molecular weight excluding hydrogens is 983 g/mol. The molecule has 1 fully saturated rings. The first-order valence-corrected chi connectivity index (χ1v) is 25.4. The van der Waals surface area contributed by atoms with Crippen LogP contribution in [0.4, 0.5) is 39.2 Å². The minimum Gasteiger partial charge on any atom is -0.336 e. The third-order valence-corrected chi connectivity index (χ3v) is 11.9. The first-order chi connectivity index (χ1) is 33.5. The Hall–Kier alpha value is -6.10. The number of hydrogen-bond donors (Lipinski definition) is 13. The number of halogens is 1. The SMILES string of the molecule is CC(C)C[C@@H](CNC(=O)N[C@H](CNC(=O)N[C@@H](C)CNC(=O)N[C@H](CNC(=O)N1CCC[C@H]1CN=[N+]=[N-])CC(C)C)C(C)C)NC(=O)NC[C@H](C)NC(=O)NC[C@@H](NC(=O)Nc1ccc(Br)cc1)C(C)C. The average Bonchev–Trinajstić information content (AvgIpc) is 3.77. The molecule has 0 spiro atoms. The lowest BCUT2D eigenvalue weighted by molar-refractivity contribution is 0.191. The van der Waals surface area contributed by atoms with E-state index in [9.17, 15) is 33.6 Å². The largest absolute Gasteiger partial charge is 0.336 e. The summed E-state index contributed by atoms with van der Waals surface area (Å²) in [5, 5.41) is 40.4. The van der Waals surface area contributed by atoms with Gasteiger partial charge in [-0.25, -0.2) is 33.6 Å². The maximum absolute atomic E-state index is 13.1. The Morgan fingerprint density at radius 2 is 1.01 bits per heavy atom. The van der Waals surface area contributed by atoms with Gasteiger partial charge in [-0.15, -0.1) is 0 Å². The third-order valence-electron chi connectivity index (χ3n) is 11.4. The van der Waals surface area contributed by atoms with E-state index in [1.165, 1.54) is 0 Å². The normalized spacial score (nSPS) is 15.7. The summed E-state index contributed by atoms with van der Waals surface area (Å²) in [5.74, 6) is 0.391. The van der Waals surface area contributed by atoms with Crippen molar-refractivity contribution in [2.24, 2.45) is 28.8 Å². The lowest BCUT2D eigenvalue weighted by Crippen LogP contribution is -2.55. The third kappa shape index (κ3) is 26.6. The molecule has 14 amide bonds. The second-order valence-electron chi connectivity index (χ2n) is 19.6. The van der Waals surface area contributed by atoms with Gasteiger partial charge in [-0.1, -0.05) is 76.4 Å². The highest BCUT2D eigenvalue weighted by Gasteiger charge is 2.29. The van der Waals surface area contributed by atoms with Gasteiger partial charge in [0.2, 0.25) is 0 Å². The molecule has 1 aliphatic heterocycles. The molecule has 0 unspecified atom stereocenters. The van der Waals surface area contributed by atoms with Crippen LogP contribution in [0, 0.1) is 23.7 Å². The number of likely N-dealkylation sites (tertiary alicyclic amines) is 1. The molecule has 25 heteroatoms. The van der Waals surface area contributed by atoms with E-state index in [0.717, 1.165) is 17.3 Å². The van der Waals surface area contributed by atoms with Gasteiger partial charge < -0.3 is 74.0 Å². The Bertz CT molecular complexity index is 1890. The maximum atomic E-state index is 13.1. The molecule has 1 heterocycles. The van der Waals surface area contributed by atoms with Crippen molar-refractivity contribution in [1.29, 1.82) is 0 Å². The number of carbonyl (C=O) groups excluding carboxylic acids is 7. The smallest absolute Gasteiger partial charge is 0.319 e. The van der Waals surface area contributed by atoms with Crippen molar-refractivity contribution in [2.75, 3.05) is 57.7 Å². The number of amides is 14. The van der Waals surface area contributed by atoms with Crippen molar-refractivity contribution in [2.45, 2.75) is 137 Å². The number of nitrogens with zero attached hydrogens (tertiary/aromatic N) is 4. The number of azide groups is 1. The van der Waals surface area contributed by atoms with Crippen molar-refractivity contribution in [3.63, 3.8) is 0 Å². The molecule has 400 valence electrons. The van der Waals surface area contributed by atoms with Crippen LogP contribution < -0.4 is 69.1 Å². The zero-order valence-electron chi connectivity index (χ0n) is 43.2. The molecule has 24 nitrogen and oxygen atoms in total. The minimum atomic E-state index is -0.488. The molecule has 71 heavy (non-hydrogen) atoms. The molecule has 13 N–H and O–H groups in total. The second kappa shape index (κ2) is 32.7. The zero-order valence-corrected chi connectivity index (χ0v) is 44.8. The van der Waals surface area contributed by atoms with Crippen molar-refractivity contribution in [3.8, 4) is 0 Å². The molecule has 7 atom stereocenters. The number of carbonyl (C=O) groups is 7. The summed E-state index contributed by atoms with van der Waals surface area (Å²) in [4.78, 5) is 94.4. The molecule has 0 aromatic heterocycles. The van der Waals surface area contributed by atoms with Gasteiger partial charge >= 0.3 is 42.2 Å². The summed E-state index contributed by atoms with van der Waals surface area (Å²) in [6, 6.07) is 1.54. The quantitative estimate of drug-likeness (QED) is 0.0317. The van der Waals surface area contributed by atoms with Crippen LogP contribution in [0.5, 0.6) is 0 Å². The lowest BCUT2D eigenvalue weighted by Gasteiger charge is -2.27. The Kier molecular flexibility index (Phi) is 28.1. The molecule has 0 saturated carbocycles. The van der Waals surface area contributed by atoms with Crippen LogP contribution >= 0.6 is 15.9 Å². The molecule has 0 bridgehead atoms. The summed E-state index contributed by atoms with van der Waals surface area (Å²) in [7, 11) is 0. The van der Waals surface area contributed by atoms with Gasteiger partial charge in [0.15, 0.2) is 0 Å². The molecular formula is C46H82BrN17O7. The lowest BCUT2D eigenvalue weighted by atomic mass is 10.0. The van der Waals surface area contributed by atoms with Crippen LogP contribution in [-0.2, 0) is 0 Å². The molecule has 1 aliphatic rings. The van der Waals surface area contributed by atoms with Crippen LogP contribution in [0.25, 0.3) is 10.4 Å². The van der Waals surface area contributed by atoms with E-state index in [1.54, 1.807) is 30.9 Å². The topological polar surface area (TPSA) is 328 Å². The number of benzene rings is 1. The molecule has 1 saturated heterocycles. The predicted octanol–water partition coefficient (Wildman–Crippen LogP) is 5.21. The standard InChI is InChI=1S/C46H82BrN17O7/c1-27(2)18-35(59-42(67)49-20-31(9)57-41(66)53-26-39(30(7)8)62-45(70)58-34-15-13-33(47)14-16-34)22-51-44(69)61-38(29(5)6)25-52-40(65)56-32(10)21-50-43(68)60-36(19-28(3)4)23-54-46(71)64-17-11-12-37(64)24-55-63-48/h13-16,27-32,35-39H,11-12,17-26H2,1-10H3,(H,54,71)(H2,49,59,67)(H2,50,60,68)(H2,51,61,69)(H2,52,56,65)(H2,53,57,66)(H2,58,62,70)/t31-,32-,35-,36-,37-,38+,39+/m0/s1. The minimum absolute atomic E-state index is 0.0215. The van der Waals surface area contributed by atoms with Gasteiger partial charge in [0, 0.05) is 97.6 Å². The van der Waals surface area contributed by atoms with Crippen molar-refractivity contribution >= 4 is 63.8 Å². The summed E-state index contributed by atoms with van der Waals surface area (Å²) in [6.07, 6.45) is 2.76. The van der Waals surface area contributed by atoms with E-state index in [4.69, 9.17) is 5.53 Å². The van der Waals surface area contributed by atoms with Crippen LogP contribution in [-0.4, -0.2) is 142 Å². The highest BCUT2D eigenvalue weighted by molar-refractivity contribution is 9.10. The van der Waals surface area contributed by atoms with Gasteiger partial charge in [-0.05, 0) is 93.0 Å². The van der Waals surface area contributed by atoms with Gasteiger partial charge in [0.25, 0.3) is 0 Å². The van der Waals surface area contributed by atoms with Gasteiger partial charge in [-0.2, -0.15) is 0 Å². The summed E-state index contributed by atoms with van der Waals surface area (Å²) < 4.78 is 0.888. The zero-order chi connectivity index (χ0) is 53.0. The van der Waals surface area contributed by atoms with Gasteiger partial charge in [0.1, 0.15) is 0 Å². The Labute approximate surface area is 427 Å². The van der Waals surface area contributed by atoms with E-state index in [-0.39, 0.29) is 93.6 Å². The molecule has 0 aliphatic carbocycles. The first kappa shape index (κ1) is 61.0. The molecule has 2 rings (SSSR count). The maximum Gasteiger partial charge on any atom is 0.319 e. The van der Waals surface area contributed by atoms with Crippen molar-refractivity contribution < 1.29 is 33.6 Å². The fourth-order valence-electron chi connectivity index (χ4n) is 7.49. The highest BCUT2D eigenvalue weighted by atomic mass is 79.9. The number of rotatable bonds is 27. The van der Waals surface area contributed by atoms with E-state index >= 15 is 0 Å². The number of hydrogen-bond acceptors (Lipinski definition) is 8. The van der Waals surface area contributed by atoms with Crippen LogP contribution in [0.2, 0.25) is 0 Å².